The summed E-state index contributed by atoms with van der Waals surface area (Å²) in [6.07, 6.45) is 0. The van der Waals surface area contributed by atoms with E-state index in [-0.39, 0.29) is 12.0 Å². The Labute approximate surface area is 153 Å². The summed E-state index contributed by atoms with van der Waals surface area (Å²) in [5.41, 5.74) is 3.15. The second kappa shape index (κ2) is 8.48. The Kier molecular flexibility index (Phi) is 6.36. The maximum Gasteiger partial charge on any atom is 0.338 e. The number of anilines is 1. The van der Waals surface area contributed by atoms with Crippen molar-refractivity contribution in [1.82, 2.24) is 5.32 Å². The molecule has 1 atom stereocenters. The highest BCUT2D eigenvalue weighted by Gasteiger charge is 2.13. The molecule has 0 aromatic heterocycles. The number of nitrogens with one attached hydrogen (secondary N) is 2. The van der Waals surface area contributed by atoms with Gasteiger partial charge in [0.05, 0.1) is 25.8 Å². The largest absolute Gasteiger partial charge is 0.497 e. The standard InChI is InChI=1S/C19H22N2O3S/c1-12-16(18(22)24-4)6-5-7-17(12)21-19(25)20-13(2)14-8-10-15(23-3)11-9-14/h5-11,13H,1-4H3,(H2,20,21,25)/t13-/m1/s1. The van der Waals surface area contributed by atoms with E-state index < -0.39 is 0 Å². The summed E-state index contributed by atoms with van der Waals surface area (Å²) in [5, 5.41) is 6.86. The lowest BCUT2D eigenvalue weighted by Crippen LogP contribution is -2.31. The third-order valence-corrected chi connectivity index (χ3v) is 4.17. The van der Waals surface area contributed by atoms with Crippen LogP contribution in [-0.2, 0) is 4.74 Å². The van der Waals surface area contributed by atoms with Crippen LogP contribution in [0, 0.1) is 6.92 Å². The smallest absolute Gasteiger partial charge is 0.338 e. The predicted molar refractivity (Wildman–Crippen MR) is 103 cm³/mol. The summed E-state index contributed by atoms with van der Waals surface area (Å²) in [7, 11) is 3.01. The number of carbonyl (C=O) groups is 1. The minimum Gasteiger partial charge on any atom is -0.497 e. The number of thiocarbonyl (C=S) groups is 1. The van der Waals surface area contributed by atoms with Crippen molar-refractivity contribution in [3.8, 4) is 5.75 Å². The van der Waals surface area contributed by atoms with Crippen LogP contribution in [0.4, 0.5) is 5.69 Å². The molecule has 0 fully saturated rings. The Balaban J connectivity index is 2.05. The fourth-order valence-electron chi connectivity index (χ4n) is 2.43. The number of benzene rings is 2. The minimum atomic E-state index is -0.369. The first kappa shape index (κ1) is 18.7. The highest BCUT2D eigenvalue weighted by atomic mass is 32.1. The summed E-state index contributed by atoms with van der Waals surface area (Å²) >= 11 is 5.39. The van der Waals surface area contributed by atoms with Crippen molar-refractivity contribution in [3.05, 3.63) is 59.2 Å². The van der Waals surface area contributed by atoms with Crippen LogP contribution in [0.5, 0.6) is 5.75 Å². The summed E-state index contributed by atoms with van der Waals surface area (Å²) in [6.45, 7) is 3.87. The molecule has 0 aliphatic rings. The zero-order valence-electron chi connectivity index (χ0n) is 14.8. The lowest BCUT2D eigenvalue weighted by Gasteiger charge is -2.19. The third kappa shape index (κ3) is 4.70. The number of methoxy groups -OCH3 is 2. The summed E-state index contributed by atoms with van der Waals surface area (Å²) < 4.78 is 9.96. The van der Waals surface area contributed by atoms with Crippen molar-refractivity contribution < 1.29 is 14.3 Å². The van der Waals surface area contributed by atoms with Gasteiger partial charge in [0.25, 0.3) is 0 Å². The van der Waals surface area contributed by atoms with Crippen molar-refractivity contribution in [2.75, 3.05) is 19.5 Å². The van der Waals surface area contributed by atoms with Gasteiger partial charge in [0.1, 0.15) is 5.75 Å². The van der Waals surface area contributed by atoms with Gasteiger partial charge in [-0.05, 0) is 61.5 Å². The fourth-order valence-corrected chi connectivity index (χ4v) is 2.72. The average molecular weight is 358 g/mol. The van der Waals surface area contributed by atoms with Gasteiger partial charge < -0.3 is 20.1 Å². The van der Waals surface area contributed by atoms with Crippen LogP contribution in [0.25, 0.3) is 0 Å². The van der Waals surface area contributed by atoms with Crippen molar-refractivity contribution >= 4 is 29.0 Å². The van der Waals surface area contributed by atoms with E-state index in [0.29, 0.717) is 10.7 Å². The highest BCUT2D eigenvalue weighted by Crippen LogP contribution is 2.21. The molecule has 2 N–H and O–H groups in total. The number of rotatable bonds is 5. The lowest BCUT2D eigenvalue weighted by atomic mass is 10.1. The van der Waals surface area contributed by atoms with Crippen LogP contribution in [0.3, 0.4) is 0 Å². The molecule has 0 aliphatic carbocycles. The quantitative estimate of drug-likeness (QED) is 0.626. The zero-order valence-corrected chi connectivity index (χ0v) is 15.6. The monoisotopic (exact) mass is 358 g/mol. The summed E-state index contributed by atoms with van der Waals surface area (Å²) in [6, 6.07) is 13.2. The molecule has 0 aliphatic heterocycles. The topological polar surface area (TPSA) is 59.6 Å². The Morgan fingerprint density at radius 1 is 1.12 bits per heavy atom. The molecule has 0 saturated carbocycles. The SMILES string of the molecule is COC(=O)c1cccc(NC(=S)N[C@H](C)c2ccc(OC)cc2)c1C. The van der Waals surface area contributed by atoms with Gasteiger partial charge in [0.2, 0.25) is 0 Å². The molecule has 6 heteroatoms. The van der Waals surface area contributed by atoms with Crippen molar-refractivity contribution in [3.63, 3.8) is 0 Å². The molecule has 2 aromatic rings. The van der Waals surface area contributed by atoms with Crippen LogP contribution in [-0.4, -0.2) is 25.3 Å². The van der Waals surface area contributed by atoms with Gasteiger partial charge in [-0.25, -0.2) is 4.79 Å². The van der Waals surface area contributed by atoms with Crippen LogP contribution in [0.1, 0.15) is 34.5 Å². The van der Waals surface area contributed by atoms with E-state index in [1.807, 2.05) is 44.2 Å². The number of hydrogen-bond donors (Lipinski definition) is 2. The van der Waals surface area contributed by atoms with Gasteiger partial charge in [-0.3, -0.25) is 0 Å². The van der Waals surface area contributed by atoms with Gasteiger partial charge in [-0.2, -0.15) is 0 Å². The van der Waals surface area contributed by atoms with Crippen molar-refractivity contribution in [1.29, 1.82) is 0 Å². The van der Waals surface area contributed by atoms with E-state index in [9.17, 15) is 4.79 Å². The molecule has 25 heavy (non-hydrogen) atoms. The molecule has 2 aromatic carbocycles. The molecule has 0 spiro atoms. The van der Waals surface area contributed by atoms with Gasteiger partial charge in [0.15, 0.2) is 5.11 Å². The molecule has 0 saturated heterocycles. The lowest BCUT2D eigenvalue weighted by molar-refractivity contribution is 0.0600. The van der Waals surface area contributed by atoms with Crippen LogP contribution >= 0.6 is 12.2 Å². The van der Waals surface area contributed by atoms with Crippen LogP contribution < -0.4 is 15.4 Å². The number of ether oxygens (including phenoxy) is 2. The van der Waals surface area contributed by atoms with Crippen LogP contribution in [0.2, 0.25) is 0 Å². The molecule has 0 bridgehead atoms. The molecule has 0 heterocycles. The number of esters is 1. The molecule has 2 rings (SSSR count). The first-order valence-corrected chi connectivity index (χ1v) is 8.26. The van der Waals surface area contributed by atoms with E-state index in [1.54, 1.807) is 19.2 Å². The van der Waals surface area contributed by atoms with E-state index in [0.717, 1.165) is 22.6 Å². The first-order valence-electron chi connectivity index (χ1n) is 7.85. The van der Waals surface area contributed by atoms with Crippen molar-refractivity contribution in [2.45, 2.75) is 19.9 Å². The fraction of sp³-hybridized carbons (Fsp3) is 0.263. The first-order chi connectivity index (χ1) is 12.0. The Bertz CT molecular complexity index is 760. The third-order valence-electron chi connectivity index (χ3n) is 3.95. The molecule has 0 amide bonds. The van der Waals surface area contributed by atoms with E-state index in [4.69, 9.17) is 21.7 Å². The summed E-state index contributed by atoms with van der Waals surface area (Å²) in [4.78, 5) is 11.8. The van der Waals surface area contributed by atoms with Gasteiger partial charge in [-0.1, -0.05) is 18.2 Å². The average Bonchev–Trinajstić information content (AvgIpc) is 2.62. The predicted octanol–water partition coefficient (Wildman–Crippen LogP) is 3.84. The molecule has 132 valence electrons. The highest BCUT2D eigenvalue weighted by molar-refractivity contribution is 7.80. The molecule has 5 nitrogen and oxygen atoms in total. The van der Waals surface area contributed by atoms with E-state index >= 15 is 0 Å². The second-order valence-corrected chi connectivity index (χ2v) is 5.97. The number of carbonyl (C=O) groups excluding carboxylic acids is 1. The molecule has 0 unspecified atom stereocenters. The van der Waals surface area contributed by atoms with E-state index in [2.05, 4.69) is 10.6 Å². The van der Waals surface area contributed by atoms with Gasteiger partial charge in [-0.15, -0.1) is 0 Å². The Hall–Kier alpha value is -2.60. The Morgan fingerprint density at radius 3 is 2.40 bits per heavy atom. The maximum absolute atomic E-state index is 11.8. The Morgan fingerprint density at radius 2 is 1.80 bits per heavy atom. The minimum absolute atomic E-state index is 0.0231. The zero-order chi connectivity index (χ0) is 18.4. The molecular weight excluding hydrogens is 336 g/mol. The van der Waals surface area contributed by atoms with Gasteiger partial charge >= 0.3 is 5.97 Å². The van der Waals surface area contributed by atoms with E-state index in [1.165, 1.54) is 7.11 Å². The summed E-state index contributed by atoms with van der Waals surface area (Å²) in [5.74, 6) is 0.443. The molecular formula is C19H22N2O3S. The number of hydrogen-bond acceptors (Lipinski definition) is 4. The second-order valence-electron chi connectivity index (χ2n) is 5.56. The molecule has 0 radical (unpaired) electrons. The normalized spacial score (nSPS) is 11.4. The van der Waals surface area contributed by atoms with Crippen LogP contribution in [0.15, 0.2) is 42.5 Å². The van der Waals surface area contributed by atoms with Crippen molar-refractivity contribution in [2.24, 2.45) is 0 Å². The van der Waals surface area contributed by atoms with Gasteiger partial charge in [0, 0.05) is 5.69 Å². The maximum atomic E-state index is 11.8.